The number of Topliss-reactive ketones (excluding diaryl/α,β-unsaturated/α-hetero) is 1. The predicted molar refractivity (Wildman–Crippen MR) is 81.5 cm³/mol. The van der Waals surface area contributed by atoms with E-state index >= 15 is 0 Å². The van der Waals surface area contributed by atoms with Gasteiger partial charge in [-0.05, 0) is 12.1 Å². The molecule has 0 aliphatic rings. The Morgan fingerprint density at radius 1 is 1.29 bits per heavy atom. The highest BCUT2D eigenvalue weighted by atomic mass is 32.2. The standard InChI is InChI=1S/C15H18N2O3S/c1-15(2,3)12(18)9-21-14-17-16-13(20-14)10-7-5-6-8-11(10)19-4/h5-8H,9H2,1-4H3. The molecule has 0 atom stereocenters. The normalized spacial score (nSPS) is 11.4. The molecule has 0 saturated carbocycles. The number of ether oxygens (including phenoxy) is 1. The van der Waals surface area contributed by atoms with E-state index in [1.165, 1.54) is 11.8 Å². The quantitative estimate of drug-likeness (QED) is 0.788. The second-order valence-corrected chi connectivity index (χ2v) is 6.46. The zero-order valence-corrected chi connectivity index (χ0v) is 13.4. The molecule has 0 aliphatic carbocycles. The summed E-state index contributed by atoms with van der Waals surface area (Å²) in [5.74, 6) is 1.52. The van der Waals surface area contributed by atoms with Crippen LogP contribution >= 0.6 is 11.8 Å². The third-order valence-corrected chi connectivity index (χ3v) is 3.73. The summed E-state index contributed by atoms with van der Waals surface area (Å²) in [4.78, 5) is 11.9. The van der Waals surface area contributed by atoms with E-state index in [0.29, 0.717) is 22.6 Å². The van der Waals surface area contributed by atoms with Gasteiger partial charge in [-0.2, -0.15) is 0 Å². The summed E-state index contributed by atoms with van der Waals surface area (Å²) in [6, 6.07) is 7.42. The smallest absolute Gasteiger partial charge is 0.277 e. The number of benzene rings is 1. The molecule has 2 aromatic rings. The zero-order valence-electron chi connectivity index (χ0n) is 12.5. The lowest BCUT2D eigenvalue weighted by Crippen LogP contribution is -2.21. The van der Waals surface area contributed by atoms with Gasteiger partial charge in [0.25, 0.3) is 11.1 Å². The van der Waals surface area contributed by atoms with E-state index in [1.54, 1.807) is 7.11 Å². The van der Waals surface area contributed by atoms with Crippen LogP contribution in [0.5, 0.6) is 5.75 Å². The highest BCUT2D eigenvalue weighted by Gasteiger charge is 2.22. The Hall–Kier alpha value is -1.82. The van der Waals surface area contributed by atoms with Crippen molar-refractivity contribution in [1.29, 1.82) is 0 Å². The SMILES string of the molecule is COc1ccccc1-c1nnc(SCC(=O)C(C)(C)C)o1. The number of ketones is 1. The van der Waals surface area contributed by atoms with Crippen LogP contribution in [0.3, 0.4) is 0 Å². The second kappa shape index (κ2) is 6.30. The van der Waals surface area contributed by atoms with Gasteiger partial charge in [-0.1, -0.05) is 44.7 Å². The van der Waals surface area contributed by atoms with E-state index in [4.69, 9.17) is 9.15 Å². The number of nitrogens with zero attached hydrogens (tertiary/aromatic N) is 2. The van der Waals surface area contributed by atoms with Gasteiger partial charge < -0.3 is 9.15 Å². The van der Waals surface area contributed by atoms with Crippen LogP contribution in [0.15, 0.2) is 33.9 Å². The molecule has 0 spiro atoms. The Bertz CT molecular complexity index is 632. The lowest BCUT2D eigenvalue weighted by molar-refractivity contribution is -0.123. The zero-order chi connectivity index (χ0) is 15.5. The number of aromatic nitrogens is 2. The van der Waals surface area contributed by atoms with Crippen LogP contribution in [0.25, 0.3) is 11.5 Å². The fourth-order valence-electron chi connectivity index (χ4n) is 1.54. The van der Waals surface area contributed by atoms with Gasteiger partial charge in [0.2, 0.25) is 0 Å². The maximum absolute atomic E-state index is 11.9. The highest BCUT2D eigenvalue weighted by Crippen LogP contribution is 2.30. The summed E-state index contributed by atoms with van der Waals surface area (Å²) in [5, 5.41) is 8.35. The van der Waals surface area contributed by atoms with Crippen molar-refractivity contribution in [3.05, 3.63) is 24.3 Å². The molecule has 112 valence electrons. The van der Waals surface area contributed by atoms with Gasteiger partial charge in [0, 0.05) is 5.41 Å². The number of methoxy groups -OCH3 is 1. The minimum Gasteiger partial charge on any atom is -0.496 e. The molecular formula is C15H18N2O3S. The van der Waals surface area contributed by atoms with Gasteiger partial charge in [-0.25, -0.2) is 0 Å². The fourth-order valence-corrected chi connectivity index (χ4v) is 2.47. The van der Waals surface area contributed by atoms with Crippen molar-refractivity contribution in [2.75, 3.05) is 12.9 Å². The van der Waals surface area contributed by atoms with E-state index in [1.807, 2.05) is 45.0 Å². The second-order valence-electron chi connectivity index (χ2n) is 5.54. The molecule has 0 radical (unpaired) electrons. The molecule has 0 saturated heterocycles. The van der Waals surface area contributed by atoms with Gasteiger partial charge in [-0.3, -0.25) is 4.79 Å². The molecule has 5 nitrogen and oxygen atoms in total. The molecule has 1 aromatic heterocycles. The molecule has 0 bridgehead atoms. The molecular weight excluding hydrogens is 288 g/mol. The van der Waals surface area contributed by atoms with Crippen molar-refractivity contribution in [2.24, 2.45) is 5.41 Å². The Morgan fingerprint density at radius 2 is 2.00 bits per heavy atom. The van der Waals surface area contributed by atoms with Gasteiger partial charge in [0.1, 0.15) is 11.5 Å². The first-order valence-electron chi connectivity index (χ1n) is 6.55. The van der Waals surface area contributed by atoms with Crippen LogP contribution in [0.2, 0.25) is 0 Å². The lowest BCUT2D eigenvalue weighted by Gasteiger charge is -2.14. The number of thioether (sulfide) groups is 1. The van der Waals surface area contributed by atoms with Gasteiger partial charge >= 0.3 is 0 Å². The van der Waals surface area contributed by atoms with E-state index in [9.17, 15) is 4.79 Å². The third-order valence-electron chi connectivity index (χ3n) is 2.91. The van der Waals surface area contributed by atoms with Gasteiger partial charge in [-0.15, -0.1) is 10.2 Å². The van der Waals surface area contributed by atoms with Crippen LogP contribution < -0.4 is 4.74 Å². The number of para-hydroxylation sites is 1. The van der Waals surface area contributed by atoms with Crippen LogP contribution in [0, 0.1) is 5.41 Å². The third kappa shape index (κ3) is 3.85. The Morgan fingerprint density at radius 3 is 2.67 bits per heavy atom. The van der Waals surface area contributed by atoms with Gasteiger partial charge in [0.15, 0.2) is 0 Å². The van der Waals surface area contributed by atoms with Crippen LogP contribution in [0.4, 0.5) is 0 Å². The van der Waals surface area contributed by atoms with Gasteiger partial charge in [0.05, 0.1) is 18.4 Å². The molecule has 0 amide bonds. The van der Waals surface area contributed by atoms with Crippen LogP contribution in [-0.4, -0.2) is 28.8 Å². The first-order valence-corrected chi connectivity index (χ1v) is 7.53. The minimum atomic E-state index is -0.363. The van der Waals surface area contributed by atoms with E-state index in [0.717, 1.165) is 5.56 Å². The van der Waals surface area contributed by atoms with Crippen LogP contribution in [-0.2, 0) is 4.79 Å². The first kappa shape index (κ1) is 15.6. The van der Waals surface area contributed by atoms with Crippen LogP contribution in [0.1, 0.15) is 20.8 Å². The largest absolute Gasteiger partial charge is 0.496 e. The molecule has 0 fully saturated rings. The number of hydrogen-bond acceptors (Lipinski definition) is 6. The average Bonchev–Trinajstić information content (AvgIpc) is 2.92. The predicted octanol–water partition coefficient (Wildman–Crippen LogP) is 3.45. The summed E-state index contributed by atoms with van der Waals surface area (Å²) >= 11 is 1.25. The fraction of sp³-hybridized carbons (Fsp3) is 0.400. The van der Waals surface area contributed by atoms with Crippen molar-refractivity contribution < 1.29 is 13.9 Å². The number of rotatable bonds is 5. The summed E-state index contributed by atoms with van der Waals surface area (Å²) < 4.78 is 10.8. The lowest BCUT2D eigenvalue weighted by atomic mass is 9.92. The molecule has 0 aliphatic heterocycles. The minimum absolute atomic E-state index is 0.143. The maximum Gasteiger partial charge on any atom is 0.277 e. The van der Waals surface area contributed by atoms with E-state index < -0.39 is 0 Å². The maximum atomic E-state index is 11.9. The Labute approximate surface area is 128 Å². The van der Waals surface area contributed by atoms with Crippen molar-refractivity contribution in [2.45, 2.75) is 26.0 Å². The Balaban J connectivity index is 2.10. The molecule has 2 rings (SSSR count). The topological polar surface area (TPSA) is 65.2 Å². The summed E-state index contributed by atoms with van der Waals surface area (Å²) in [5.41, 5.74) is 0.375. The number of hydrogen-bond donors (Lipinski definition) is 0. The van der Waals surface area contributed by atoms with E-state index in [-0.39, 0.29) is 11.2 Å². The summed E-state index contributed by atoms with van der Waals surface area (Å²) in [7, 11) is 1.59. The monoisotopic (exact) mass is 306 g/mol. The van der Waals surface area contributed by atoms with Crippen molar-refractivity contribution in [3.63, 3.8) is 0 Å². The Kier molecular flexibility index (Phi) is 4.67. The van der Waals surface area contributed by atoms with Crippen molar-refractivity contribution in [3.8, 4) is 17.2 Å². The molecule has 0 N–H and O–H groups in total. The molecule has 1 heterocycles. The summed E-state index contributed by atoms with van der Waals surface area (Å²) in [6.07, 6.45) is 0. The number of carbonyl (C=O) groups excluding carboxylic acids is 1. The summed E-state index contributed by atoms with van der Waals surface area (Å²) in [6.45, 7) is 5.68. The van der Waals surface area contributed by atoms with Crippen molar-refractivity contribution in [1.82, 2.24) is 10.2 Å². The highest BCUT2D eigenvalue weighted by molar-refractivity contribution is 7.99. The van der Waals surface area contributed by atoms with E-state index in [2.05, 4.69) is 10.2 Å². The van der Waals surface area contributed by atoms with Crippen molar-refractivity contribution >= 4 is 17.5 Å². The molecule has 1 aromatic carbocycles. The molecule has 6 heteroatoms. The number of carbonyl (C=O) groups is 1. The average molecular weight is 306 g/mol. The molecule has 0 unspecified atom stereocenters. The first-order chi connectivity index (χ1) is 9.91. The molecule has 21 heavy (non-hydrogen) atoms.